The second kappa shape index (κ2) is 16.0. The molecule has 1 saturated carbocycles. The Morgan fingerprint density at radius 3 is 2.35 bits per heavy atom. The Labute approximate surface area is 319 Å². The van der Waals surface area contributed by atoms with Gasteiger partial charge in [0.05, 0.1) is 42.5 Å². The number of aliphatic hydroxyl groups excluding tert-OH is 3. The van der Waals surface area contributed by atoms with E-state index in [2.05, 4.69) is 20.9 Å². The largest absolute Gasteiger partial charge is 0.507 e. The maximum Gasteiger partial charge on any atom is 0.336 e. The molecule has 300 valence electrons. The number of amides is 4. The highest BCUT2D eigenvalue weighted by atomic mass is 16.6. The van der Waals surface area contributed by atoms with Crippen LogP contribution in [0.15, 0.2) is 42.5 Å². The van der Waals surface area contributed by atoms with E-state index < -0.39 is 72.3 Å². The number of ether oxygens (including phenoxy) is 2. The topological polar surface area (TPSA) is 230 Å². The number of nitrogens with zero attached hydrogens (tertiary/aromatic N) is 2. The molecule has 7 atom stereocenters. The predicted octanol–water partition coefficient (Wildman–Crippen LogP) is 0.504. The Morgan fingerprint density at radius 2 is 1.71 bits per heavy atom. The third-order valence-corrected chi connectivity index (χ3v) is 11.8. The number of aryl methyl sites for hydroxylation is 2. The molecule has 3 aliphatic heterocycles. The fourth-order valence-electron chi connectivity index (χ4n) is 8.38. The van der Waals surface area contributed by atoms with E-state index in [9.17, 15) is 44.7 Å². The van der Waals surface area contributed by atoms with Crippen LogP contribution < -0.4 is 16.0 Å². The van der Waals surface area contributed by atoms with Crippen molar-refractivity contribution in [1.29, 1.82) is 0 Å². The second-order valence-electron chi connectivity index (χ2n) is 15.7. The van der Waals surface area contributed by atoms with Gasteiger partial charge in [0.2, 0.25) is 5.91 Å². The highest BCUT2D eigenvalue weighted by Gasteiger charge is 2.56. The number of urea groups is 1. The van der Waals surface area contributed by atoms with Crippen molar-refractivity contribution in [1.82, 2.24) is 25.8 Å². The Hall–Kier alpha value is -4.32. The van der Waals surface area contributed by atoms with E-state index >= 15 is 0 Å². The number of carboxylic acids is 1. The molecule has 0 unspecified atom stereocenters. The van der Waals surface area contributed by atoms with Crippen molar-refractivity contribution in [3.05, 3.63) is 64.7 Å². The molecule has 4 aliphatic rings. The first-order valence-electron chi connectivity index (χ1n) is 18.8. The molecule has 6 rings (SSSR count). The third kappa shape index (κ3) is 8.44. The van der Waals surface area contributed by atoms with Crippen LogP contribution in [0.5, 0.6) is 5.75 Å². The van der Waals surface area contributed by atoms with Crippen LogP contribution in [0.1, 0.15) is 66.1 Å². The van der Waals surface area contributed by atoms with Crippen molar-refractivity contribution in [3.8, 4) is 5.75 Å². The van der Waals surface area contributed by atoms with Crippen LogP contribution in [0, 0.1) is 13.8 Å². The lowest BCUT2D eigenvalue weighted by Gasteiger charge is -2.49. The van der Waals surface area contributed by atoms with Gasteiger partial charge in [-0.25, -0.2) is 9.59 Å². The summed E-state index contributed by atoms with van der Waals surface area (Å²) in [6.07, 6.45) is -4.88. The highest BCUT2D eigenvalue weighted by molar-refractivity contribution is 5.95. The summed E-state index contributed by atoms with van der Waals surface area (Å²) < 4.78 is 12.1. The van der Waals surface area contributed by atoms with Gasteiger partial charge in [-0.3, -0.25) is 14.5 Å². The maximum atomic E-state index is 13.6. The first kappa shape index (κ1) is 40.3. The molecule has 4 fully saturated rings. The zero-order chi connectivity index (χ0) is 39.7. The number of phenols is 1. The fraction of sp³-hybridized carbons (Fsp3) is 0.590. The van der Waals surface area contributed by atoms with Crippen LogP contribution in [0.25, 0.3) is 0 Å². The molecular formula is C39H53N5O11. The summed E-state index contributed by atoms with van der Waals surface area (Å²) in [5.74, 6) is -2.51. The lowest BCUT2D eigenvalue weighted by molar-refractivity contribution is -0.231. The van der Waals surface area contributed by atoms with Crippen LogP contribution in [0.4, 0.5) is 4.79 Å². The van der Waals surface area contributed by atoms with Gasteiger partial charge in [-0.1, -0.05) is 30.3 Å². The van der Waals surface area contributed by atoms with E-state index in [0.29, 0.717) is 50.4 Å². The smallest absolute Gasteiger partial charge is 0.336 e. The van der Waals surface area contributed by atoms with Gasteiger partial charge in [-0.05, 0) is 61.9 Å². The molecule has 2 aromatic rings. The average Bonchev–Trinajstić information content (AvgIpc) is 3.82. The Bertz CT molecular complexity index is 1740. The lowest BCUT2D eigenvalue weighted by Crippen LogP contribution is -2.68. The molecule has 2 aromatic carbocycles. The summed E-state index contributed by atoms with van der Waals surface area (Å²) >= 11 is 0. The summed E-state index contributed by atoms with van der Waals surface area (Å²) in [5, 5.41) is 62.8. The lowest BCUT2D eigenvalue weighted by atomic mass is 9.81. The molecule has 0 radical (unpaired) electrons. The maximum absolute atomic E-state index is 13.6. The van der Waals surface area contributed by atoms with Crippen LogP contribution in [-0.4, -0.2) is 147 Å². The number of likely N-dealkylation sites (tertiary alicyclic amines) is 1. The molecule has 1 aliphatic carbocycles. The van der Waals surface area contributed by atoms with Gasteiger partial charge >= 0.3 is 12.0 Å². The molecule has 0 aromatic heterocycles. The standard InChI is InChI=1S/C39H53N5O11/c1-23-17-26(18-24(2)31(23)48)34(50)40-20-29(47)32(49)33-30(41-25(3)45)28(46)19-39(55-33,35(51)52)12-14-44-15-16-54-22-37(44)11-13-43(21-37)36(53)42-38(9-10-38)27-7-5-4-6-8-27/h4-8,17-18,28-30,32-33,46-49H,9-16,19-22H2,1-3H3,(H,40,50)(H,41,45)(H,42,53)(H,51,52)/t28-,29+,30+,32+,33+,37-,39+/m0/s1. The first-order valence-corrected chi connectivity index (χ1v) is 18.8. The first-order chi connectivity index (χ1) is 26.1. The van der Waals surface area contributed by atoms with Gasteiger partial charge < -0.3 is 55.9 Å². The van der Waals surface area contributed by atoms with Gasteiger partial charge in [0.15, 0.2) is 5.60 Å². The van der Waals surface area contributed by atoms with Crippen molar-refractivity contribution in [2.75, 3.05) is 45.9 Å². The number of nitrogens with one attached hydrogen (secondary N) is 3. The zero-order valence-corrected chi connectivity index (χ0v) is 31.5. The third-order valence-electron chi connectivity index (χ3n) is 11.8. The van der Waals surface area contributed by atoms with E-state index in [1.165, 1.54) is 19.1 Å². The minimum atomic E-state index is -2.03. The predicted molar refractivity (Wildman–Crippen MR) is 197 cm³/mol. The van der Waals surface area contributed by atoms with Crippen LogP contribution >= 0.6 is 0 Å². The van der Waals surface area contributed by atoms with E-state index in [1.54, 1.807) is 18.7 Å². The van der Waals surface area contributed by atoms with Gasteiger partial charge in [-0.15, -0.1) is 0 Å². The number of hydrogen-bond donors (Lipinski definition) is 8. The monoisotopic (exact) mass is 767 g/mol. The van der Waals surface area contributed by atoms with Gasteiger partial charge in [0.1, 0.15) is 18.0 Å². The number of carbonyl (C=O) groups excluding carboxylic acids is 3. The van der Waals surface area contributed by atoms with E-state index in [1.807, 2.05) is 30.3 Å². The van der Waals surface area contributed by atoms with Crippen molar-refractivity contribution in [3.63, 3.8) is 0 Å². The summed E-state index contributed by atoms with van der Waals surface area (Å²) in [6.45, 7) is 6.19. The van der Waals surface area contributed by atoms with Crippen molar-refractivity contribution in [2.24, 2.45) is 0 Å². The highest BCUT2D eigenvalue weighted by Crippen LogP contribution is 2.46. The Morgan fingerprint density at radius 1 is 1.02 bits per heavy atom. The number of aliphatic carboxylic acids is 1. The minimum absolute atomic E-state index is 0.0493. The Balaban J connectivity index is 1.14. The fourth-order valence-corrected chi connectivity index (χ4v) is 8.38. The average molecular weight is 768 g/mol. The quantitative estimate of drug-likeness (QED) is 0.148. The van der Waals surface area contributed by atoms with E-state index in [0.717, 1.165) is 18.4 Å². The number of carbonyl (C=O) groups is 4. The molecule has 4 amide bonds. The van der Waals surface area contributed by atoms with E-state index in [4.69, 9.17) is 9.47 Å². The summed E-state index contributed by atoms with van der Waals surface area (Å²) in [6, 6.07) is 11.4. The molecule has 55 heavy (non-hydrogen) atoms. The van der Waals surface area contributed by atoms with Crippen LogP contribution in [0.3, 0.4) is 0 Å². The number of carboxylic acid groups (broad SMARTS) is 1. The van der Waals surface area contributed by atoms with E-state index in [-0.39, 0.29) is 35.8 Å². The van der Waals surface area contributed by atoms with Gasteiger partial charge in [0.25, 0.3) is 5.91 Å². The summed E-state index contributed by atoms with van der Waals surface area (Å²) in [7, 11) is 0. The molecule has 0 bridgehead atoms. The van der Waals surface area contributed by atoms with Crippen LogP contribution in [0.2, 0.25) is 0 Å². The number of morpholine rings is 1. The Kier molecular flexibility index (Phi) is 11.8. The molecule has 1 spiro atoms. The van der Waals surface area contributed by atoms with Crippen molar-refractivity contribution >= 4 is 23.8 Å². The molecule has 16 heteroatoms. The molecule has 3 saturated heterocycles. The number of hydrogen-bond acceptors (Lipinski definition) is 11. The number of phenolic OH excluding ortho intramolecular Hbond substituents is 1. The van der Waals surface area contributed by atoms with Gasteiger partial charge in [0, 0.05) is 58.1 Å². The molecule has 8 N–H and O–H groups in total. The second-order valence-corrected chi connectivity index (χ2v) is 15.7. The number of aromatic hydroxyl groups is 1. The molecular weight excluding hydrogens is 714 g/mol. The van der Waals surface area contributed by atoms with Gasteiger partial charge in [-0.2, -0.15) is 0 Å². The van der Waals surface area contributed by atoms with Crippen molar-refractivity contribution in [2.45, 2.75) is 100 Å². The number of benzene rings is 2. The molecule has 3 heterocycles. The summed E-state index contributed by atoms with van der Waals surface area (Å²) in [4.78, 5) is 55.6. The van der Waals surface area contributed by atoms with Crippen molar-refractivity contribution < 1.29 is 54.2 Å². The normalized spacial score (nSPS) is 28.6. The molecule has 16 nitrogen and oxygen atoms in total. The SMILES string of the molecule is CC(=O)N[C@H]1[C@H]([C@H](O)[C@H](O)CNC(=O)c2cc(C)c(O)c(C)c2)O[C@@](CCN2CCOC[C@@]23CCN(C(=O)NC2(c4ccccc4)CC2)C3)(C(=O)O)C[C@@H]1O. The van der Waals surface area contributed by atoms with Crippen LogP contribution in [-0.2, 0) is 24.6 Å². The summed E-state index contributed by atoms with van der Waals surface area (Å²) in [5.41, 5.74) is -0.783. The number of aliphatic hydroxyl groups is 3. The number of rotatable bonds is 12. The zero-order valence-electron chi connectivity index (χ0n) is 31.5. The minimum Gasteiger partial charge on any atom is -0.507 e.